The summed E-state index contributed by atoms with van der Waals surface area (Å²) in [5.41, 5.74) is 5.45. The van der Waals surface area contributed by atoms with Crippen LogP contribution < -0.4 is 5.73 Å². The summed E-state index contributed by atoms with van der Waals surface area (Å²) >= 11 is 4.81. The zero-order valence-corrected chi connectivity index (χ0v) is 11.7. The normalized spacial score (nSPS) is 16.1. The minimum Gasteiger partial charge on any atom is -0.393 e. The molecule has 2 N–H and O–H groups in total. The maximum atomic E-state index is 12.5. The molecule has 0 spiro atoms. The monoisotopic (exact) mass is 288 g/mol. The predicted octanol–water partition coefficient (Wildman–Crippen LogP) is 0.249. The lowest BCUT2D eigenvalue weighted by Gasteiger charge is -2.21. The molecule has 0 saturated heterocycles. The third-order valence-corrected chi connectivity index (χ3v) is 5.11. The van der Waals surface area contributed by atoms with Gasteiger partial charge in [0.2, 0.25) is 0 Å². The van der Waals surface area contributed by atoms with Crippen LogP contribution in [0.4, 0.5) is 0 Å². The first kappa shape index (κ1) is 13.4. The quantitative estimate of drug-likeness (QED) is 0.759. The summed E-state index contributed by atoms with van der Waals surface area (Å²) in [6.45, 7) is 0.341. The van der Waals surface area contributed by atoms with Gasteiger partial charge in [0.15, 0.2) is 5.03 Å². The van der Waals surface area contributed by atoms with Crippen LogP contribution >= 0.6 is 12.2 Å². The van der Waals surface area contributed by atoms with Gasteiger partial charge in [-0.05, 0) is 18.9 Å². The second-order valence-electron chi connectivity index (χ2n) is 4.36. The second-order valence-corrected chi connectivity index (χ2v) is 6.72. The Kier molecular flexibility index (Phi) is 3.69. The molecular weight excluding hydrogens is 272 g/mol. The highest BCUT2D eigenvalue weighted by Crippen LogP contribution is 2.31. The number of aryl methyl sites for hydroxylation is 1. The highest BCUT2D eigenvalue weighted by atomic mass is 32.2. The molecule has 18 heavy (non-hydrogen) atoms. The van der Waals surface area contributed by atoms with Gasteiger partial charge in [0.05, 0.1) is 11.2 Å². The van der Waals surface area contributed by atoms with E-state index in [0.29, 0.717) is 18.0 Å². The van der Waals surface area contributed by atoms with Gasteiger partial charge in [0, 0.05) is 26.1 Å². The Morgan fingerprint density at radius 3 is 2.78 bits per heavy atom. The average molecular weight is 288 g/mol. The van der Waals surface area contributed by atoms with Crippen molar-refractivity contribution in [3.05, 3.63) is 12.3 Å². The van der Waals surface area contributed by atoms with Crippen LogP contribution in [0.3, 0.4) is 0 Å². The van der Waals surface area contributed by atoms with Gasteiger partial charge in [0.25, 0.3) is 10.0 Å². The smallest absolute Gasteiger partial charge is 0.260 e. The van der Waals surface area contributed by atoms with Gasteiger partial charge >= 0.3 is 0 Å². The summed E-state index contributed by atoms with van der Waals surface area (Å²) in [7, 11) is -1.89. The number of sulfonamides is 1. The third kappa shape index (κ3) is 2.70. The standard InChI is InChI=1S/C10H16N4O2S2/c1-13-10(4-6-12-13)18(15,16)14(8-2-3-8)7-5-9(11)17/h4,6,8H,2-3,5,7H2,1H3,(H2,11,17). The molecule has 2 rings (SSSR count). The fourth-order valence-corrected chi connectivity index (χ4v) is 3.70. The molecule has 0 radical (unpaired) electrons. The number of aromatic nitrogens is 2. The van der Waals surface area contributed by atoms with Crippen molar-refractivity contribution < 1.29 is 8.42 Å². The van der Waals surface area contributed by atoms with Gasteiger partial charge in [-0.15, -0.1) is 0 Å². The molecule has 0 aromatic carbocycles. The fourth-order valence-electron chi connectivity index (χ4n) is 1.82. The molecule has 1 fully saturated rings. The summed E-state index contributed by atoms with van der Waals surface area (Å²) in [4.78, 5) is 0.334. The average Bonchev–Trinajstić information content (AvgIpc) is 2.99. The van der Waals surface area contributed by atoms with Gasteiger partial charge in [-0.25, -0.2) is 8.42 Å². The molecule has 1 saturated carbocycles. The highest BCUT2D eigenvalue weighted by Gasteiger charge is 2.38. The van der Waals surface area contributed by atoms with Crippen LogP contribution in [0.15, 0.2) is 17.3 Å². The molecule has 0 amide bonds. The highest BCUT2D eigenvalue weighted by molar-refractivity contribution is 7.89. The largest absolute Gasteiger partial charge is 0.393 e. The molecule has 0 bridgehead atoms. The van der Waals surface area contributed by atoms with Gasteiger partial charge in [0.1, 0.15) is 0 Å². The molecule has 1 aromatic rings. The SMILES string of the molecule is Cn1nccc1S(=O)(=O)N(CCC(N)=S)C1CC1. The number of nitrogens with two attached hydrogens (primary N) is 1. The van der Waals surface area contributed by atoms with Crippen molar-refractivity contribution in [3.63, 3.8) is 0 Å². The summed E-state index contributed by atoms with van der Waals surface area (Å²) in [6.07, 6.45) is 3.68. The Hall–Kier alpha value is -0.990. The number of thiocarbonyl (C=S) groups is 1. The van der Waals surface area contributed by atoms with Crippen LogP contribution in [0, 0.1) is 0 Å². The zero-order chi connectivity index (χ0) is 13.3. The fraction of sp³-hybridized carbons (Fsp3) is 0.600. The molecule has 0 unspecified atom stereocenters. The molecule has 0 aliphatic heterocycles. The zero-order valence-electron chi connectivity index (χ0n) is 10.1. The summed E-state index contributed by atoms with van der Waals surface area (Å²) in [5, 5.41) is 4.11. The number of nitrogens with zero attached hydrogens (tertiary/aromatic N) is 3. The predicted molar refractivity (Wildman–Crippen MR) is 71.5 cm³/mol. The van der Waals surface area contributed by atoms with Crippen molar-refractivity contribution in [1.29, 1.82) is 0 Å². The first-order valence-electron chi connectivity index (χ1n) is 5.71. The third-order valence-electron chi connectivity index (χ3n) is 2.88. The van der Waals surface area contributed by atoms with E-state index in [-0.39, 0.29) is 11.1 Å². The van der Waals surface area contributed by atoms with Crippen LogP contribution in [-0.4, -0.2) is 40.1 Å². The Morgan fingerprint density at radius 1 is 1.67 bits per heavy atom. The Bertz CT molecular complexity index is 548. The van der Waals surface area contributed by atoms with Crippen LogP contribution in [0.25, 0.3) is 0 Å². The van der Waals surface area contributed by atoms with E-state index in [1.165, 1.54) is 21.3 Å². The van der Waals surface area contributed by atoms with Gasteiger partial charge < -0.3 is 5.73 Å². The van der Waals surface area contributed by atoms with E-state index in [9.17, 15) is 8.42 Å². The second kappa shape index (κ2) is 4.94. The van der Waals surface area contributed by atoms with E-state index in [4.69, 9.17) is 18.0 Å². The first-order valence-corrected chi connectivity index (χ1v) is 7.56. The van der Waals surface area contributed by atoms with E-state index < -0.39 is 10.0 Å². The molecule has 6 nitrogen and oxygen atoms in total. The lowest BCUT2D eigenvalue weighted by molar-refractivity contribution is 0.407. The summed E-state index contributed by atoms with van der Waals surface area (Å²) < 4.78 is 27.8. The van der Waals surface area contributed by atoms with Crippen LogP contribution in [0.1, 0.15) is 19.3 Å². The van der Waals surface area contributed by atoms with Crippen LogP contribution in [0.2, 0.25) is 0 Å². The molecule has 1 aliphatic carbocycles. The number of rotatable bonds is 6. The maximum absolute atomic E-state index is 12.5. The minimum absolute atomic E-state index is 0.0826. The van der Waals surface area contributed by atoms with Crippen molar-refractivity contribution in [3.8, 4) is 0 Å². The molecule has 8 heteroatoms. The van der Waals surface area contributed by atoms with E-state index in [2.05, 4.69) is 5.10 Å². The van der Waals surface area contributed by atoms with Crippen molar-refractivity contribution >= 4 is 27.2 Å². The van der Waals surface area contributed by atoms with Gasteiger partial charge in [-0.2, -0.15) is 9.40 Å². The van der Waals surface area contributed by atoms with Crippen molar-refractivity contribution in [1.82, 2.24) is 14.1 Å². The van der Waals surface area contributed by atoms with E-state index >= 15 is 0 Å². The Labute approximate surface area is 112 Å². The minimum atomic E-state index is -3.50. The Morgan fingerprint density at radius 2 is 2.33 bits per heavy atom. The number of hydrogen-bond acceptors (Lipinski definition) is 4. The van der Waals surface area contributed by atoms with Crippen molar-refractivity contribution in [2.45, 2.75) is 30.3 Å². The van der Waals surface area contributed by atoms with Crippen LogP contribution in [-0.2, 0) is 17.1 Å². The lowest BCUT2D eigenvalue weighted by Crippen LogP contribution is -2.36. The van der Waals surface area contributed by atoms with Crippen molar-refractivity contribution in [2.24, 2.45) is 12.8 Å². The molecule has 1 aromatic heterocycles. The maximum Gasteiger partial charge on any atom is 0.260 e. The molecular formula is C10H16N4O2S2. The van der Waals surface area contributed by atoms with E-state index in [1.54, 1.807) is 7.05 Å². The molecule has 1 heterocycles. The lowest BCUT2D eigenvalue weighted by atomic mass is 10.4. The first-order chi connectivity index (χ1) is 8.43. The van der Waals surface area contributed by atoms with Gasteiger partial charge in [-0.1, -0.05) is 12.2 Å². The summed E-state index contributed by atoms with van der Waals surface area (Å²) in [5.74, 6) is 0. The molecule has 100 valence electrons. The van der Waals surface area contributed by atoms with Crippen molar-refractivity contribution in [2.75, 3.05) is 6.54 Å². The summed E-state index contributed by atoms with van der Waals surface area (Å²) in [6, 6.07) is 1.59. The molecule has 1 aliphatic rings. The van der Waals surface area contributed by atoms with E-state index in [0.717, 1.165) is 12.8 Å². The molecule has 0 atom stereocenters. The van der Waals surface area contributed by atoms with Crippen LogP contribution in [0.5, 0.6) is 0 Å². The van der Waals surface area contributed by atoms with Gasteiger partial charge in [-0.3, -0.25) is 4.68 Å². The number of hydrogen-bond donors (Lipinski definition) is 1. The van der Waals surface area contributed by atoms with E-state index in [1.807, 2.05) is 0 Å². The topological polar surface area (TPSA) is 81.2 Å². The Balaban J connectivity index is 2.25.